The van der Waals surface area contributed by atoms with Gasteiger partial charge >= 0.3 is 0 Å². The molecular weight excluding hydrogens is 146 g/mol. The zero-order valence-corrected chi connectivity index (χ0v) is 6.40. The van der Waals surface area contributed by atoms with Gasteiger partial charge in [0.1, 0.15) is 0 Å². The Morgan fingerprint density at radius 1 is 1.18 bits per heavy atom. The first-order valence-electron chi connectivity index (χ1n) is 3.90. The summed E-state index contributed by atoms with van der Waals surface area (Å²) in [6.45, 7) is 1.32. The van der Waals surface area contributed by atoms with Gasteiger partial charge in [0.15, 0.2) is 0 Å². The van der Waals surface area contributed by atoms with Gasteiger partial charge in [-0.15, -0.1) is 4.91 Å². The molecule has 0 aromatic rings. The molecule has 0 aromatic carbocycles. The van der Waals surface area contributed by atoms with E-state index in [0.717, 1.165) is 25.7 Å². The second-order valence-corrected chi connectivity index (χ2v) is 2.70. The fourth-order valence-corrected chi connectivity index (χ4v) is 1.28. The topological polar surface area (TPSA) is 59.0 Å². The highest BCUT2D eigenvalue weighted by Gasteiger charge is 2.09. The van der Waals surface area contributed by atoms with Crippen LogP contribution in [0.3, 0.4) is 0 Å². The first kappa shape index (κ1) is 8.42. The van der Waals surface area contributed by atoms with Crippen molar-refractivity contribution in [2.75, 3.05) is 13.1 Å². The lowest BCUT2D eigenvalue weighted by Crippen LogP contribution is -2.35. The van der Waals surface area contributed by atoms with Crippen molar-refractivity contribution in [3.8, 4) is 0 Å². The van der Waals surface area contributed by atoms with E-state index in [1.165, 1.54) is 5.01 Å². The Labute approximate surface area is 65.5 Å². The second kappa shape index (κ2) is 4.25. The maximum Gasteiger partial charge on any atom is 0.0579 e. The first-order chi connectivity index (χ1) is 5.34. The van der Waals surface area contributed by atoms with Crippen LogP contribution in [-0.2, 0) is 0 Å². The zero-order valence-electron chi connectivity index (χ0n) is 6.40. The third kappa shape index (κ3) is 2.44. The molecule has 0 N–H and O–H groups in total. The summed E-state index contributed by atoms with van der Waals surface area (Å²) >= 11 is 0. The molecule has 0 spiro atoms. The van der Waals surface area contributed by atoms with Crippen molar-refractivity contribution in [3.63, 3.8) is 0 Å². The Bertz CT molecular complexity index is 123. The average Bonchev–Trinajstić information content (AvgIpc) is 2.30. The van der Waals surface area contributed by atoms with Crippen LogP contribution in [0.1, 0.15) is 25.7 Å². The van der Waals surface area contributed by atoms with Gasteiger partial charge in [0.25, 0.3) is 0 Å². The monoisotopic (exact) mass is 158 g/mol. The molecule has 1 aliphatic rings. The molecule has 0 aliphatic carbocycles. The number of hydrazine groups is 1. The second-order valence-electron chi connectivity index (χ2n) is 2.70. The van der Waals surface area contributed by atoms with Crippen LogP contribution < -0.4 is 0 Å². The van der Waals surface area contributed by atoms with Crippen LogP contribution in [0.25, 0.3) is 0 Å². The molecule has 0 unspecified atom stereocenters. The summed E-state index contributed by atoms with van der Waals surface area (Å²) in [7, 11) is 0. The fraction of sp³-hybridized carbons (Fsp3) is 1.00. The number of rotatable bonds is 2. The Hall–Kier alpha value is -0.680. The van der Waals surface area contributed by atoms with Gasteiger partial charge < -0.3 is 5.21 Å². The lowest BCUT2D eigenvalue weighted by Gasteiger charge is -2.32. The van der Waals surface area contributed by atoms with Crippen LogP contribution in [-0.4, -0.2) is 23.4 Å². The van der Waals surface area contributed by atoms with E-state index < -0.39 is 0 Å². The average molecular weight is 158 g/mol. The van der Waals surface area contributed by atoms with Crippen molar-refractivity contribution in [3.05, 3.63) is 10.1 Å². The smallest absolute Gasteiger partial charge is 0.0579 e. The van der Waals surface area contributed by atoms with E-state index in [4.69, 9.17) is 0 Å². The summed E-state index contributed by atoms with van der Waals surface area (Å²) in [6, 6.07) is 0. The predicted molar refractivity (Wildman–Crippen MR) is 41.0 cm³/mol. The molecule has 0 aromatic heterocycles. The van der Waals surface area contributed by atoms with Gasteiger partial charge in [0, 0.05) is 13.1 Å². The van der Waals surface area contributed by atoms with Crippen LogP contribution in [0, 0.1) is 10.1 Å². The normalized spacial score (nSPS) is 20.8. The van der Waals surface area contributed by atoms with Gasteiger partial charge in [-0.05, 0) is 12.8 Å². The van der Waals surface area contributed by atoms with Crippen LogP contribution in [0.5, 0.6) is 0 Å². The highest BCUT2D eigenvalue weighted by molar-refractivity contribution is 4.60. The number of nitroso groups, excluding NO2 is 1. The van der Waals surface area contributed by atoms with E-state index in [9.17, 15) is 10.1 Å². The third-order valence-corrected chi connectivity index (χ3v) is 1.89. The highest BCUT2D eigenvalue weighted by atomic mass is 16.6. The lowest BCUT2D eigenvalue weighted by atomic mass is 10.2. The Balaban J connectivity index is 2.35. The fourth-order valence-electron chi connectivity index (χ4n) is 1.28. The van der Waals surface area contributed by atoms with Gasteiger partial charge in [0.2, 0.25) is 0 Å². The maximum absolute atomic E-state index is 10.7. The standard InChI is InChI=1S/C6H12N3O2/c10-7-9(11)8-5-3-1-2-4-6-8/h1-6H2/q-1. The molecule has 64 valence electrons. The van der Waals surface area contributed by atoms with Crippen LogP contribution in [0.2, 0.25) is 0 Å². The summed E-state index contributed by atoms with van der Waals surface area (Å²) in [5.74, 6) is 0. The molecule has 0 atom stereocenters. The molecule has 5 nitrogen and oxygen atoms in total. The SMILES string of the molecule is O=NN([O-])N1CCCCCC1. The number of hydrogen-bond donors (Lipinski definition) is 0. The molecule has 1 rings (SSSR count). The number of nitrogens with zero attached hydrogens (tertiary/aromatic N) is 3. The molecule has 5 heteroatoms. The van der Waals surface area contributed by atoms with E-state index >= 15 is 0 Å². The van der Waals surface area contributed by atoms with Gasteiger partial charge in [0.05, 0.1) is 5.29 Å². The van der Waals surface area contributed by atoms with Crippen molar-refractivity contribution >= 4 is 0 Å². The molecule has 0 amide bonds. The van der Waals surface area contributed by atoms with Crippen LogP contribution in [0.4, 0.5) is 0 Å². The van der Waals surface area contributed by atoms with E-state index in [-0.39, 0.29) is 5.28 Å². The molecule has 0 saturated carbocycles. The van der Waals surface area contributed by atoms with E-state index in [2.05, 4.69) is 5.29 Å². The minimum Gasteiger partial charge on any atom is -0.724 e. The first-order valence-corrected chi connectivity index (χ1v) is 3.90. The summed E-state index contributed by atoms with van der Waals surface area (Å²) < 4.78 is 0. The van der Waals surface area contributed by atoms with E-state index in [1.807, 2.05) is 0 Å². The molecular formula is C6H12N3O2-. The van der Waals surface area contributed by atoms with Crippen molar-refractivity contribution in [2.24, 2.45) is 5.29 Å². The predicted octanol–water partition coefficient (Wildman–Crippen LogP) is 1.26. The van der Waals surface area contributed by atoms with Crippen molar-refractivity contribution in [1.82, 2.24) is 10.3 Å². The van der Waals surface area contributed by atoms with Gasteiger partial charge in [-0.2, -0.15) is 0 Å². The third-order valence-electron chi connectivity index (χ3n) is 1.89. The minimum absolute atomic E-state index is 0.158. The minimum atomic E-state index is 0.158. The lowest BCUT2D eigenvalue weighted by molar-refractivity contribution is 0.0260. The Kier molecular flexibility index (Phi) is 3.25. The van der Waals surface area contributed by atoms with Crippen molar-refractivity contribution < 1.29 is 0 Å². The Morgan fingerprint density at radius 3 is 2.18 bits per heavy atom. The summed E-state index contributed by atoms with van der Waals surface area (Å²) in [4.78, 5) is 9.84. The molecule has 1 heterocycles. The quantitative estimate of drug-likeness (QED) is 0.448. The van der Waals surface area contributed by atoms with Gasteiger partial charge in [-0.1, -0.05) is 12.8 Å². The van der Waals surface area contributed by atoms with E-state index in [0.29, 0.717) is 13.1 Å². The van der Waals surface area contributed by atoms with Crippen molar-refractivity contribution in [1.29, 1.82) is 0 Å². The molecule has 1 aliphatic heterocycles. The van der Waals surface area contributed by atoms with E-state index in [1.54, 1.807) is 0 Å². The Morgan fingerprint density at radius 2 is 1.73 bits per heavy atom. The summed E-state index contributed by atoms with van der Waals surface area (Å²) in [5, 5.41) is 14.6. The molecule has 1 fully saturated rings. The van der Waals surface area contributed by atoms with Crippen LogP contribution >= 0.6 is 0 Å². The van der Waals surface area contributed by atoms with Gasteiger partial charge in [-0.3, -0.25) is 5.28 Å². The maximum atomic E-state index is 10.7. The van der Waals surface area contributed by atoms with Crippen molar-refractivity contribution in [2.45, 2.75) is 25.7 Å². The largest absolute Gasteiger partial charge is 0.724 e. The summed E-state index contributed by atoms with van der Waals surface area (Å²) in [6.07, 6.45) is 4.24. The molecule has 1 saturated heterocycles. The summed E-state index contributed by atoms with van der Waals surface area (Å²) in [5.41, 5.74) is 0. The molecule has 11 heavy (non-hydrogen) atoms. The molecule has 0 bridgehead atoms. The van der Waals surface area contributed by atoms with Gasteiger partial charge in [-0.25, -0.2) is 5.01 Å². The molecule has 0 radical (unpaired) electrons. The van der Waals surface area contributed by atoms with Crippen LogP contribution in [0.15, 0.2) is 5.29 Å². The zero-order chi connectivity index (χ0) is 8.10. The highest BCUT2D eigenvalue weighted by Crippen LogP contribution is 2.11. The number of hydrogen-bond acceptors (Lipinski definition) is 4.